The third kappa shape index (κ3) is 2.40. The van der Waals surface area contributed by atoms with Crippen LogP contribution < -0.4 is 5.56 Å². The molecule has 1 aromatic heterocycles. The highest BCUT2D eigenvalue weighted by Gasteiger charge is 2.12. The number of H-pyrrole nitrogens is 1. The van der Waals surface area contributed by atoms with Crippen molar-refractivity contribution in [3.63, 3.8) is 0 Å². The lowest BCUT2D eigenvalue weighted by Gasteiger charge is -2.04. The highest BCUT2D eigenvalue weighted by atomic mass is 16.1. The van der Waals surface area contributed by atoms with E-state index in [1.807, 2.05) is 38.1 Å². The maximum atomic E-state index is 12.2. The standard InChI is InChI=1S/C15H20N2O/c1-10(2)9-14-12(4)15(18)17(16-14)13-7-5-11(3)6-8-13/h5-8,10,16H,9H2,1-4H3. The molecule has 1 N–H and O–H groups in total. The molecule has 96 valence electrons. The van der Waals surface area contributed by atoms with Gasteiger partial charge in [0, 0.05) is 11.3 Å². The van der Waals surface area contributed by atoms with Crippen molar-refractivity contribution >= 4 is 0 Å². The van der Waals surface area contributed by atoms with Crippen LogP contribution >= 0.6 is 0 Å². The Hall–Kier alpha value is -1.77. The van der Waals surface area contributed by atoms with E-state index in [1.54, 1.807) is 4.68 Å². The minimum atomic E-state index is 0.0505. The van der Waals surface area contributed by atoms with Crippen LogP contribution in [0.2, 0.25) is 0 Å². The molecule has 3 heteroatoms. The van der Waals surface area contributed by atoms with E-state index < -0.39 is 0 Å². The van der Waals surface area contributed by atoms with Crippen LogP contribution in [0, 0.1) is 19.8 Å². The lowest BCUT2D eigenvalue weighted by atomic mass is 10.1. The molecule has 0 amide bonds. The fourth-order valence-corrected chi connectivity index (χ4v) is 2.05. The van der Waals surface area contributed by atoms with E-state index in [2.05, 4.69) is 18.9 Å². The zero-order chi connectivity index (χ0) is 13.3. The van der Waals surface area contributed by atoms with E-state index in [0.717, 1.165) is 23.4 Å². The number of hydrogen-bond donors (Lipinski definition) is 1. The van der Waals surface area contributed by atoms with Crippen molar-refractivity contribution in [1.82, 2.24) is 9.78 Å². The smallest absolute Gasteiger partial charge is 0.274 e. The van der Waals surface area contributed by atoms with Crippen LogP contribution in [0.1, 0.15) is 30.7 Å². The van der Waals surface area contributed by atoms with Gasteiger partial charge in [-0.25, -0.2) is 4.68 Å². The zero-order valence-electron chi connectivity index (χ0n) is 11.4. The quantitative estimate of drug-likeness (QED) is 0.885. The van der Waals surface area contributed by atoms with Crippen molar-refractivity contribution in [3.8, 4) is 5.69 Å². The average molecular weight is 244 g/mol. The summed E-state index contributed by atoms with van der Waals surface area (Å²) in [5, 5.41) is 3.22. The van der Waals surface area contributed by atoms with E-state index in [0.29, 0.717) is 5.92 Å². The summed E-state index contributed by atoms with van der Waals surface area (Å²) in [5.74, 6) is 0.535. The second kappa shape index (κ2) is 4.84. The number of benzene rings is 1. The predicted molar refractivity (Wildman–Crippen MR) is 74.4 cm³/mol. The summed E-state index contributed by atoms with van der Waals surface area (Å²) in [6, 6.07) is 7.96. The molecule has 0 atom stereocenters. The number of nitrogens with zero attached hydrogens (tertiary/aromatic N) is 1. The molecule has 1 aromatic carbocycles. The van der Waals surface area contributed by atoms with Crippen LogP contribution in [0.4, 0.5) is 0 Å². The summed E-state index contributed by atoms with van der Waals surface area (Å²) < 4.78 is 1.63. The Balaban J connectivity index is 2.46. The molecule has 0 unspecified atom stereocenters. The van der Waals surface area contributed by atoms with Crippen LogP contribution in [-0.4, -0.2) is 9.78 Å². The molecule has 0 saturated heterocycles. The molecule has 0 bridgehead atoms. The van der Waals surface area contributed by atoms with Gasteiger partial charge in [0.25, 0.3) is 5.56 Å². The largest absolute Gasteiger partial charge is 0.295 e. The number of rotatable bonds is 3. The summed E-state index contributed by atoms with van der Waals surface area (Å²) >= 11 is 0. The molecule has 0 aliphatic rings. The van der Waals surface area contributed by atoms with Gasteiger partial charge < -0.3 is 0 Å². The van der Waals surface area contributed by atoms with Gasteiger partial charge >= 0.3 is 0 Å². The van der Waals surface area contributed by atoms with Crippen molar-refractivity contribution in [2.45, 2.75) is 34.1 Å². The second-order valence-electron chi connectivity index (χ2n) is 5.29. The third-order valence-corrected chi connectivity index (χ3v) is 3.13. The Bertz CT molecular complexity index is 588. The molecular weight excluding hydrogens is 224 g/mol. The molecule has 2 rings (SSSR count). The van der Waals surface area contributed by atoms with Gasteiger partial charge in [-0.15, -0.1) is 0 Å². The Morgan fingerprint density at radius 3 is 2.33 bits per heavy atom. The Kier molecular flexibility index (Phi) is 3.41. The molecule has 3 nitrogen and oxygen atoms in total. The van der Waals surface area contributed by atoms with E-state index in [9.17, 15) is 4.79 Å². The highest BCUT2D eigenvalue weighted by molar-refractivity contribution is 5.35. The lowest BCUT2D eigenvalue weighted by molar-refractivity contribution is 0.626. The van der Waals surface area contributed by atoms with Crippen LogP contribution in [0.5, 0.6) is 0 Å². The number of aryl methyl sites for hydroxylation is 1. The first-order chi connectivity index (χ1) is 8.49. The maximum Gasteiger partial charge on any atom is 0.274 e. The molecule has 0 aliphatic carbocycles. The van der Waals surface area contributed by atoms with Gasteiger partial charge in [-0.05, 0) is 38.3 Å². The molecule has 1 heterocycles. The minimum Gasteiger partial charge on any atom is -0.295 e. The van der Waals surface area contributed by atoms with Gasteiger partial charge in [-0.3, -0.25) is 9.89 Å². The maximum absolute atomic E-state index is 12.2. The Morgan fingerprint density at radius 1 is 1.17 bits per heavy atom. The number of aromatic nitrogens is 2. The Morgan fingerprint density at radius 2 is 1.78 bits per heavy atom. The minimum absolute atomic E-state index is 0.0505. The predicted octanol–water partition coefficient (Wildman–Crippen LogP) is 2.98. The summed E-state index contributed by atoms with van der Waals surface area (Å²) in [6.45, 7) is 8.24. The van der Waals surface area contributed by atoms with E-state index in [1.165, 1.54) is 5.56 Å². The molecule has 0 saturated carbocycles. The molecule has 0 radical (unpaired) electrons. The van der Waals surface area contributed by atoms with Crippen molar-refractivity contribution in [2.24, 2.45) is 5.92 Å². The molecule has 0 spiro atoms. The van der Waals surface area contributed by atoms with Crippen LogP contribution in [0.25, 0.3) is 5.69 Å². The first-order valence-electron chi connectivity index (χ1n) is 6.36. The molecule has 0 aliphatic heterocycles. The van der Waals surface area contributed by atoms with Gasteiger partial charge in [-0.1, -0.05) is 31.5 Å². The SMILES string of the molecule is Cc1ccc(-n2[nH]c(CC(C)C)c(C)c2=O)cc1. The van der Waals surface area contributed by atoms with Crippen LogP contribution in [0.3, 0.4) is 0 Å². The summed E-state index contributed by atoms with van der Waals surface area (Å²) in [5.41, 5.74) is 4.00. The van der Waals surface area contributed by atoms with Gasteiger partial charge in [0.2, 0.25) is 0 Å². The Labute approximate surface area is 107 Å². The highest BCUT2D eigenvalue weighted by Crippen LogP contribution is 2.11. The number of aromatic amines is 1. The van der Waals surface area contributed by atoms with Crippen molar-refractivity contribution in [3.05, 3.63) is 51.4 Å². The first kappa shape index (κ1) is 12.7. The fourth-order valence-electron chi connectivity index (χ4n) is 2.05. The third-order valence-electron chi connectivity index (χ3n) is 3.13. The molecular formula is C15H20N2O. The summed E-state index contributed by atoms with van der Waals surface area (Å²) in [7, 11) is 0. The number of nitrogens with one attached hydrogen (secondary N) is 1. The van der Waals surface area contributed by atoms with E-state index in [-0.39, 0.29) is 5.56 Å². The van der Waals surface area contributed by atoms with Gasteiger partial charge in [0.05, 0.1) is 5.69 Å². The van der Waals surface area contributed by atoms with Crippen LogP contribution in [-0.2, 0) is 6.42 Å². The van der Waals surface area contributed by atoms with Gasteiger partial charge in [-0.2, -0.15) is 0 Å². The fraction of sp³-hybridized carbons (Fsp3) is 0.400. The topological polar surface area (TPSA) is 37.8 Å². The zero-order valence-corrected chi connectivity index (χ0v) is 11.4. The van der Waals surface area contributed by atoms with E-state index >= 15 is 0 Å². The second-order valence-corrected chi connectivity index (χ2v) is 5.29. The van der Waals surface area contributed by atoms with Gasteiger partial charge in [0.1, 0.15) is 0 Å². The van der Waals surface area contributed by atoms with Crippen LogP contribution in [0.15, 0.2) is 29.1 Å². The summed E-state index contributed by atoms with van der Waals surface area (Å²) in [6.07, 6.45) is 0.903. The van der Waals surface area contributed by atoms with Crippen molar-refractivity contribution in [2.75, 3.05) is 0 Å². The first-order valence-corrected chi connectivity index (χ1v) is 6.36. The molecule has 18 heavy (non-hydrogen) atoms. The number of hydrogen-bond acceptors (Lipinski definition) is 1. The molecule has 0 fully saturated rings. The lowest BCUT2D eigenvalue weighted by Crippen LogP contribution is -2.15. The normalized spacial score (nSPS) is 11.2. The average Bonchev–Trinajstić information content (AvgIpc) is 2.58. The van der Waals surface area contributed by atoms with Crippen molar-refractivity contribution < 1.29 is 0 Å². The monoisotopic (exact) mass is 244 g/mol. The summed E-state index contributed by atoms with van der Waals surface area (Å²) in [4.78, 5) is 12.2. The van der Waals surface area contributed by atoms with Crippen molar-refractivity contribution in [1.29, 1.82) is 0 Å². The molecule has 2 aromatic rings. The van der Waals surface area contributed by atoms with Gasteiger partial charge in [0.15, 0.2) is 0 Å². The van der Waals surface area contributed by atoms with E-state index in [4.69, 9.17) is 0 Å².